The molecule has 1 aromatic carbocycles. The second-order valence-corrected chi connectivity index (χ2v) is 6.76. The van der Waals surface area contributed by atoms with Crippen molar-refractivity contribution in [2.45, 2.75) is 31.7 Å². The fourth-order valence-electron chi connectivity index (χ4n) is 3.94. The minimum Gasteiger partial charge on any atom is -0.454 e. The van der Waals surface area contributed by atoms with Crippen LogP contribution >= 0.6 is 0 Å². The fourth-order valence-corrected chi connectivity index (χ4v) is 3.94. The van der Waals surface area contributed by atoms with E-state index in [-0.39, 0.29) is 6.04 Å². The normalized spacial score (nSPS) is 25.8. The SMILES string of the molecule is O/N=C1/CCC=CCC[C@H]1N1CCN(c2ccc3c(c2)OCO3)CC1. The molecule has 1 fully saturated rings. The molecule has 4 rings (SSSR count). The second-order valence-electron chi connectivity index (χ2n) is 6.76. The van der Waals surface area contributed by atoms with E-state index < -0.39 is 0 Å². The molecule has 0 aromatic heterocycles. The number of hydrogen-bond acceptors (Lipinski definition) is 6. The molecule has 6 heteroatoms. The Labute approximate surface area is 148 Å². The zero-order valence-corrected chi connectivity index (χ0v) is 14.4. The number of ether oxygens (including phenoxy) is 2. The van der Waals surface area contributed by atoms with Crippen LogP contribution in [0, 0.1) is 0 Å². The van der Waals surface area contributed by atoms with Crippen molar-refractivity contribution in [3.8, 4) is 11.5 Å². The number of piperazine rings is 1. The van der Waals surface area contributed by atoms with Crippen LogP contribution in [0.4, 0.5) is 5.69 Å². The maximum absolute atomic E-state index is 9.43. The molecular weight excluding hydrogens is 318 g/mol. The summed E-state index contributed by atoms with van der Waals surface area (Å²) in [6, 6.07) is 6.42. The van der Waals surface area contributed by atoms with Crippen molar-refractivity contribution in [2.75, 3.05) is 37.9 Å². The summed E-state index contributed by atoms with van der Waals surface area (Å²) in [7, 11) is 0. The van der Waals surface area contributed by atoms with Crippen molar-refractivity contribution in [2.24, 2.45) is 5.16 Å². The first-order valence-electron chi connectivity index (χ1n) is 9.09. The highest BCUT2D eigenvalue weighted by molar-refractivity contribution is 5.89. The van der Waals surface area contributed by atoms with Gasteiger partial charge < -0.3 is 19.6 Å². The lowest BCUT2D eigenvalue weighted by molar-refractivity contribution is 0.174. The number of anilines is 1. The fraction of sp³-hybridized carbons (Fsp3) is 0.526. The van der Waals surface area contributed by atoms with Crippen LogP contribution in [0.15, 0.2) is 35.5 Å². The summed E-state index contributed by atoms with van der Waals surface area (Å²) in [6.07, 6.45) is 8.34. The van der Waals surface area contributed by atoms with Gasteiger partial charge in [0.1, 0.15) is 0 Å². The van der Waals surface area contributed by atoms with E-state index in [2.05, 4.69) is 39.2 Å². The number of nitrogens with zero attached hydrogens (tertiary/aromatic N) is 3. The Morgan fingerprint density at radius 3 is 2.64 bits per heavy atom. The summed E-state index contributed by atoms with van der Waals surface area (Å²) in [4.78, 5) is 4.86. The van der Waals surface area contributed by atoms with E-state index in [1.54, 1.807) is 0 Å². The minimum absolute atomic E-state index is 0.258. The lowest BCUT2D eigenvalue weighted by Gasteiger charge is -2.40. The van der Waals surface area contributed by atoms with Gasteiger partial charge in [-0.1, -0.05) is 17.3 Å². The molecule has 3 aliphatic rings. The molecule has 0 radical (unpaired) electrons. The topological polar surface area (TPSA) is 57.5 Å². The van der Waals surface area contributed by atoms with Gasteiger partial charge in [0, 0.05) is 37.9 Å². The van der Waals surface area contributed by atoms with Crippen molar-refractivity contribution in [3.63, 3.8) is 0 Å². The summed E-state index contributed by atoms with van der Waals surface area (Å²) < 4.78 is 10.9. The summed E-state index contributed by atoms with van der Waals surface area (Å²) >= 11 is 0. The highest BCUT2D eigenvalue weighted by atomic mass is 16.7. The molecule has 134 valence electrons. The molecule has 2 heterocycles. The smallest absolute Gasteiger partial charge is 0.231 e. The predicted octanol–water partition coefficient (Wildman–Crippen LogP) is 2.87. The second kappa shape index (κ2) is 7.35. The van der Waals surface area contributed by atoms with Crippen molar-refractivity contribution in [1.82, 2.24) is 4.90 Å². The van der Waals surface area contributed by atoms with Gasteiger partial charge in [-0.3, -0.25) is 4.90 Å². The average molecular weight is 343 g/mol. The average Bonchev–Trinajstić information content (AvgIpc) is 3.10. The van der Waals surface area contributed by atoms with Crippen molar-refractivity contribution in [3.05, 3.63) is 30.4 Å². The van der Waals surface area contributed by atoms with Gasteiger partial charge in [-0.25, -0.2) is 0 Å². The lowest BCUT2D eigenvalue weighted by Crippen LogP contribution is -2.52. The molecule has 1 aliphatic carbocycles. The maximum Gasteiger partial charge on any atom is 0.231 e. The molecule has 0 unspecified atom stereocenters. The Balaban J connectivity index is 1.41. The molecule has 0 bridgehead atoms. The highest BCUT2D eigenvalue weighted by Crippen LogP contribution is 2.35. The van der Waals surface area contributed by atoms with Crippen LogP contribution in [0.3, 0.4) is 0 Å². The Bertz CT molecular complexity index is 666. The van der Waals surface area contributed by atoms with Crippen molar-refractivity contribution in [1.29, 1.82) is 0 Å². The first kappa shape index (κ1) is 16.3. The van der Waals surface area contributed by atoms with Gasteiger partial charge in [0.05, 0.1) is 11.8 Å². The van der Waals surface area contributed by atoms with Gasteiger partial charge in [0.15, 0.2) is 11.5 Å². The molecule has 1 atom stereocenters. The summed E-state index contributed by atoms with van der Waals surface area (Å²) in [5.74, 6) is 1.66. The largest absolute Gasteiger partial charge is 0.454 e. The zero-order chi connectivity index (χ0) is 17.1. The van der Waals surface area contributed by atoms with Crippen LogP contribution in [0.1, 0.15) is 25.7 Å². The molecule has 1 saturated heterocycles. The van der Waals surface area contributed by atoms with E-state index in [0.29, 0.717) is 6.79 Å². The number of rotatable bonds is 2. The number of allylic oxidation sites excluding steroid dienone is 2. The quantitative estimate of drug-likeness (QED) is 0.508. The third-order valence-electron chi connectivity index (χ3n) is 5.33. The van der Waals surface area contributed by atoms with Crippen LogP contribution < -0.4 is 14.4 Å². The number of fused-ring (bicyclic) bond motifs is 1. The Hall–Kier alpha value is -2.21. The van der Waals surface area contributed by atoms with E-state index in [1.807, 2.05) is 6.07 Å². The van der Waals surface area contributed by atoms with E-state index in [4.69, 9.17) is 9.47 Å². The summed E-state index contributed by atoms with van der Waals surface area (Å²) in [5.41, 5.74) is 2.11. The summed E-state index contributed by atoms with van der Waals surface area (Å²) in [5, 5.41) is 13.0. The third-order valence-corrected chi connectivity index (χ3v) is 5.33. The van der Waals surface area contributed by atoms with Gasteiger partial charge in [-0.2, -0.15) is 0 Å². The van der Waals surface area contributed by atoms with Gasteiger partial charge in [-0.15, -0.1) is 0 Å². The van der Waals surface area contributed by atoms with E-state index >= 15 is 0 Å². The zero-order valence-electron chi connectivity index (χ0n) is 14.4. The Morgan fingerprint density at radius 2 is 1.80 bits per heavy atom. The highest BCUT2D eigenvalue weighted by Gasteiger charge is 2.28. The van der Waals surface area contributed by atoms with Gasteiger partial charge in [0.2, 0.25) is 6.79 Å². The molecular formula is C19H25N3O3. The number of benzene rings is 1. The number of oxime groups is 1. The maximum atomic E-state index is 9.43. The first-order valence-corrected chi connectivity index (χ1v) is 9.09. The monoisotopic (exact) mass is 343 g/mol. The molecule has 0 amide bonds. The molecule has 25 heavy (non-hydrogen) atoms. The van der Waals surface area contributed by atoms with E-state index in [0.717, 1.165) is 69.1 Å². The van der Waals surface area contributed by atoms with Gasteiger partial charge >= 0.3 is 0 Å². The molecule has 1 N–H and O–H groups in total. The van der Waals surface area contributed by atoms with Crippen molar-refractivity contribution < 1.29 is 14.7 Å². The molecule has 1 aromatic rings. The Kier molecular flexibility index (Phi) is 4.78. The minimum atomic E-state index is 0.258. The van der Waals surface area contributed by atoms with Crippen LogP contribution in [-0.4, -0.2) is 54.8 Å². The Morgan fingerprint density at radius 1 is 1.00 bits per heavy atom. The molecule has 2 aliphatic heterocycles. The lowest BCUT2D eigenvalue weighted by atomic mass is 9.96. The van der Waals surface area contributed by atoms with Crippen LogP contribution in [0.25, 0.3) is 0 Å². The van der Waals surface area contributed by atoms with Crippen LogP contribution in [0.2, 0.25) is 0 Å². The standard InChI is InChI=1S/C19H25N3O3/c23-20-16-5-3-1-2-4-6-17(16)22-11-9-21(10-12-22)15-7-8-18-19(13-15)25-14-24-18/h1-2,7-8,13,17,23H,3-6,9-12,14H2/b2-1?,20-16-/t17-/m1/s1. The summed E-state index contributed by atoms with van der Waals surface area (Å²) in [6.45, 7) is 4.19. The van der Waals surface area contributed by atoms with E-state index in [1.165, 1.54) is 5.69 Å². The van der Waals surface area contributed by atoms with Crippen LogP contribution in [-0.2, 0) is 0 Å². The van der Waals surface area contributed by atoms with Gasteiger partial charge in [0.25, 0.3) is 0 Å². The third kappa shape index (κ3) is 3.44. The number of hydrogen-bond donors (Lipinski definition) is 1. The van der Waals surface area contributed by atoms with Gasteiger partial charge in [-0.05, 0) is 37.8 Å². The molecule has 6 nitrogen and oxygen atoms in total. The van der Waals surface area contributed by atoms with Crippen LogP contribution in [0.5, 0.6) is 11.5 Å². The predicted molar refractivity (Wildman–Crippen MR) is 97.0 cm³/mol. The molecule has 0 saturated carbocycles. The van der Waals surface area contributed by atoms with Crippen molar-refractivity contribution >= 4 is 11.4 Å². The molecule has 0 spiro atoms. The van der Waals surface area contributed by atoms with E-state index in [9.17, 15) is 5.21 Å². The first-order chi connectivity index (χ1) is 12.3.